The Bertz CT molecular complexity index is 832. The van der Waals surface area contributed by atoms with Gasteiger partial charge in [0.05, 0.1) is 0 Å². The molecule has 4 nitrogen and oxygen atoms in total. The molecule has 25 heavy (non-hydrogen) atoms. The summed E-state index contributed by atoms with van der Waals surface area (Å²) < 4.78 is 32.8. The molecule has 1 atom stereocenters. The zero-order valence-electron chi connectivity index (χ0n) is 12.8. The molecule has 3 rings (SSSR count). The van der Waals surface area contributed by atoms with Crippen molar-refractivity contribution in [3.05, 3.63) is 75.8 Å². The number of amides is 2. The molecule has 1 heterocycles. The Balaban J connectivity index is 1.86. The minimum absolute atomic E-state index is 0.0312. The number of hydrogen-bond acceptors (Lipinski definition) is 3. The molecule has 0 aromatic heterocycles. The van der Waals surface area contributed by atoms with Gasteiger partial charge in [0.25, 0.3) is 5.91 Å². The van der Waals surface area contributed by atoms with Crippen LogP contribution in [0.3, 0.4) is 0 Å². The Kier molecular flexibility index (Phi) is 4.94. The molecule has 2 aromatic rings. The second kappa shape index (κ2) is 7.14. The molecule has 0 radical (unpaired) electrons. The van der Waals surface area contributed by atoms with Gasteiger partial charge < -0.3 is 4.74 Å². The second-order valence-electron chi connectivity index (χ2n) is 5.33. The number of hydrogen-bond donors (Lipinski definition) is 0. The van der Waals surface area contributed by atoms with E-state index < -0.39 is 29.7 Å². The first-order chi connectivity index (χ1) is 12.0. The summed E-state index contributed by atoms with van der Waals surface area (Å²) in [6, 6.07) is 10.5. The average molecular weight is 408 g/mol. The first-order valence-electron chi connectivity index (χ1n) is 7.35. The van der Waals surface area contributed by atoms with E-state index in [2.05, 4.69) is 15.9 Å². The van der Waals surface area contributed by atoms with Gasteiger partial charge in [-0.05, 0) is 23.8 Å². The van der Waals surface area contributed by atoms with E-state index in [1.54, 1.807) is 24.3 Å². The summed E-state index contributed by atoms with van der Waals surface area (Å²) in [6.45, 7) is 0.0312. The first kappa shape index (κ1) is 17.3. The minimum atomic E-state index is -0.820. The van der Waals surface area contributed by atoms with Crippen molar-refractivity contribution in [1.82, 2.24) is 4.90 Å². The van der Waals surface area contributed by atoms with Crippen LogP contribution in [0.15, 0.2) is 53.0 Å². The molecule has 2 aromatic carbocycles. The summed E-state index contributed by atoms with van der Waals surface area (Å²) in [6.07, 6.45) is 1.17. The number of ether oxygens (including phenoxy) is 1. The fourth-order valence-electron chi connectivity index (χ4n) is 2.53. The van der Waals surface area contributed by atoms with Gasteiger partial charge in [0.15, 0.2) is 0 Å². The lowest BCUT2D eigenvalue weighted by Gasteiger charge is -2.18. The normalized spacial score (nSPS) is 17.2. The van der Waals surface area contributed by atoms with Gasteiger partial charge in [-0.25, -0.2) is 18.5 Å². The van der Waals surface area contributed by atoms with E-state index in [1.807, 2.05) is 6.07 Å². The maximum atomic E-state index is 13.8. The van der Waals surface area contributed by atoms with E-state index in [0.29, 0.717) is 0 Å². The second-order valence-corrected chi connectivity index (χ2v) is 6.24. The van der Waals surface area contributed by atoms with Crippen LogP contribution in [0.2, 0.25) is 0 Å². The lowest BCUT2D eigenvalue weighted by atomic mass is 10.1. The smallest absolute Gasteiger partial charge is 0.417 e. The third-order valence-corrected chi connectivity index (χ3v) is 4.19. The molecule has 0 aliphatic carbocycles. The van der Waals surface area contributed by atoms with Crippen LogP contribution in [-0.2, 0) is 9.53 Å². The molecule has 0 saturated carbocycles. The summed E-state index contributed by atoms with van der Waals surface area (Å²) in [7, 11) is 0. The fourth-order valence-corrected chi connectivity index (χ4v) is 2.94. The highest BCUT2D eigenvalue weighted by Crippen LogP contribution is 2.28. The van der Waals surface area contributed by atoms with Crippen LogP contribution in [0.4, 0.5) is 13.6 Å². The third kappa shape index (κ3) is 3.61. The highest BCUT2D eigenvalue weighted by Gasteiger charge is 2.37. The van der Waals surface area contributed by atoms with Crippen LogP contribution in [0, 0.1) is 11.6 Å². The summed E-state index contributed by atoms with van der Waals surface area (Å²) in [4.78, 5) is 25.2. The van der Waals surface area contributed by atoms with Crippen LogP contribution < -0.4 is 0 Å². The lowest BCUT2D eigenvalue weighted by molar-refractivity contribution is -0.124. The van der Waals surface area contributed by atoms with Crippen molar-refractivity contribution >= 4 is 34.0 Å². The van der Waals surface area contributed by atoms with E-state index in [4.69, 9.17) is 4.74 Å². The highest BCUT2D eigenvalue weighted by molar-refractivity contribution is 9.10. The first-order valence-corrected chi connectivity index (χ1v) is 8.14. The largest absolute Gasteiger partial charge is 0.446 e. The molecule has 1 aliphatic heterocycles. The molecule has 0 unspecified atom stereocenters. The number of cyclic esters (lactones) is 1. The number of carbonyl (C=O) groups excluding carboxylic acids is 2. The maximum Gasteiger partial charge on any atom is 0.417 e. The van der Waals surface area contributed by atoms with Crippen molar-refractivity contribution in [3.63, 3.8) is 0 Å². The van der Waals surface area contributed by atoms with E-state index in [0.717, 1.165) is 34.7 Å². The van der Waals surface area contributed by atoms with Crippen molar-refractivity contribution < 1.29 is 23.1 Å². The predicted octanol–water partition coefficient (Wildman–Crippen LogP) is 4.46. The van der Waals surface area contributed by atoms with Crippen LogP contribution in [-0.4, -0.2) is 23.5 Å². The molecule has 7 heteroatoms. The Hall–Kier alpha value is -2.54. The van der Waals surface area contributed by atoms with Crippen LogP contribution in [0.1, 0.15) is 17.2 Å². The van der Waals surface area contributed by atoms with E-state index in [9.17, 15) is 18.4 Å². The minimum Gasteiger partial charge on any atom is -0.446 e. The maximum absolute atomic E-state index is 13.8. The molecule has 1 fully saturated rings. The fraction of sp³-hybridized carbons (Fsp3) is 0.111. The standard InChI is InChI=1S/C18H12BrF2NO3/c19-12-8-14(20)13(15(21)9-12)6-7-17(23)22-16(10-25-18(22)24)11-4-2-1-3-5-11/h1-9,16H,10H2/b7-6+/t16-/m0/s1. The van der Waals surface area contributed by atoms with Gasteiger partial charge in [-0.3, -0.25) is 4.79 Å². The van der Waals surface area contributed by atoms with E-state index in [-0.39, 0.29) is 16.6 Å². The summed E-state index contributed by atoms with van der Waals surface area (Å²) >= 11 is 2.98. The van der Waals surface area contributed by atoms with Gasteiger partial charge in [0.1, 0.15) is 24.3 Å². The van der Waals surface area contributed by atoms with Crippen molar-refractivity contribution in [3.8, 4) is 0 Å². The number of imide groups is 1. The third-order valence-electron chi connectivity index (χ3n) is 3.73. The number of nitrogens with zero attached hydrogens (tertiary/aromatic N) is 1. The summed E-state index contributed by atoms with van der Waals surface area (Å²) in [5.74, 6) is -2.35. The monoisotopic (exact) mass is 407 g/mol. The van der Waals surface area contributed by atoms with Gasteiger partial charge in [-0.2, -0.15) is 0 Å². The Morgan fingerprint density at radius 3 is 2.48 bits per heavy atom. The summed E-state index contributed by atoms with van der Waals surface area (Å²) in [5.41, 5.74) is 0.372. The highest BCUT2D eigenvalue weighted by atomic mass is 79.9. The molecule has 128 valence electrons. The van der Waals surface area contributed by atoms with Crippen LogP contribution in [0.25, 0.3) is 6.08 Å². The van der Waals surface area contributed by atoms with Crippen LogP contribution in [0.5, 0.6) is 0 Å². The predicted molar refractivity (Wildman–Crippen MR) is 90.5 cm³/mol. The zero-order valence-corrected chi connectivity index (χ0v) is 14.4. The molecule has 1 aliphatic rings. The van der Waals surface area contributed by atoms with Gasteiger partial charge in [0.2, 0.25) is 0 Å². The molecular formula is C18H12BrF2NO3. The van der Waals surface area contributed by atoms with Gasteiger partial charge in [-0.15, -0.1) is 0 Å². The number of carbonyl (C=O) groups is 2. The Labute approximate surface area is 150 Å². The van der Waals surface area contributed by atoms with Crippen LogP contribution >= 0.6 is 15.9 Å². The van der Waals surface area contributed by atoms with E-state index in [1.165, 1.54) is 0 Å². The SMILES string of the molecule is O=C(/C=C/c1c(F)cc(Br)cc1F)N1C(=O)OC[C@H]1c1ccccc1. The number of rotatable bonds is 3. The summed E-state index contributed by atoms with van der Waals surface area (Å²) in [5, 5.41) is 0. The van der Waals surface area contributed by atoms with E-state index >= 15 is 0 Å². The Morgan fingerprint density at radius 1 is 1.20 bits per heavy atom. The molecule has 0 spiro atoms. The van der Waals surface area contributed by atoms with Gasteiger partial charge in [0, 0.05) is 16.1 Å². The molecule has 1 saturated heterocycles. The van der Waals surface area contributed by atoms with Crippen molar-refractivity contribution in [2.24, 2.45) is 0 Å². The van der Waals surface area contributed by atoms with Gasteiger partial charge in [-0.1, -0.05) is 46.3 Å². The molecule has 2 amide bonds. The number of halogens is 3. The molecule has 0 N–H and O–H groups in total. The van der Waals surface area contributed by atoms with Crippen molar-refractivity contribution in [2.45, 2.75) is 6.04 Å². The molecule has 0 bridgehead atoms. The Morgan fingerprint density at radius 2 is 1.84 bits per heavy atom. The van der Waals surface area contributed by atoms with Gasteiger partial charge >= 0.3 is 6.09 Å². The number of benzene rings is 2. The average Bonchev–Trinajstić information content (AvgIpc) is 2.96. The van der Waals surface area contributed by atoms with Crippen molar-refractivity contribution in [2.75, 3.05) is 6.61 Å². The quantitative estimate of drug-likeness (QED) is 0.705. The zero-order chi connectivity index (χ0) is 18.0. The topological polar surface area (TPSA) is 46.6 Å². The molecular weight excluding hydrogens is 396 g/mol. The van der Waals surface area contributed by atoms with Crippen molar-refractivity contribution in [1.29, 1.82) is 0 Å². The lowest BCUT2D eigenvalue weighted by Crippen LogP contribution is -2.32.